The molecule has 1 aliphatic rings. The van der Waals surface area contributed by atoms with Crippen LogP contribution in [-0.4, -0.2) is 61.4 Å². The molecule has 13 heteroatoms. The summed E-state index contributed by atoms with van der Waals surface area (Å²) >= 11 is 0. The topological polar surface area (TPSA) is 131 Å². The van der Waals surface area contributed by atoms with Crippen LogP contribution in [0.5, 0.6) is 5.75 Å². The second-order valence-corrected chi connectivity index (χ2v) is 11.6. The fourth-order valence-electron chi connectivity index (χ4n) is 4.59. The number of benzene rings is 1. The average molecular weight is 565 g/mol. The Morgan fingerprint density at radius 3 is 2.17 bits per heavy atom. The van der Waals surface area contributed by atoms with Crippen LogP contribution >= 0.6 is 0 Å². The van der Waals surface area contributed by atoms with Gasteiger partial charge in [0.05, 0.1) is 0 Å². The zero-order valence-electron chi connectivity index (χ0n) is 22.9. The lowest BCUT2D eigenvalue weighted by atomic mass is 9.62. The number of hydrogen-bond acceptors (Lipinski definition) is 9. The van der Waals surface area contributed by atoms with Crippen LogP contribution in [0.3, 0.4) is 0 Å². The molecule has 1 aliphatic heterocycles. The number of hydrogen-bond donors (Lipinski definition) is 2. The van der Waals surface area contributed by atoms with Gasteiger partial charge in [-0.2, -0.15) is 4.98 Å². The Kier molecular flexibility index (Phi) is 7.12. The quantitative estimate of drug-likeness (QED) is 0.435. The number of amides is 1. The SMILES string of the molecule is CC(C)(C)OC(=O)N1CC(C)(C(O)(c2ccc(OC(F)(F)F)cc2)c2cncc(-c3noc(C(C)(C)O)n3)c2)C1. The molecule has 10 nitrogen and oxygen atoms in total. The van der Waals surface area contributed by atoms with Crippen molar-refractivity contribution in [2.75, 3.05) is 13.1 Å². The third-order valence-electron chi connectivity index (χ3n) is 6.47. The van der Waals surface area contributed by atoms with Gasteiger partial charge in [-0.05, 0) is 58.4 Å². The highest BCUT2D eigenvalue weighted by Crippen LogP contribution is 2.51. The molecule has 2 aromatic heterocycles. The van der Waals surface area contributed by atoms with E-state index in [1.165, 1.54) is 43.3 Å². The number of likely N-dealkylation sites (tertiary alicyclic amines) is 1. The number of aromatic nitrogens is 3. The van der Waals surface area contributed by atoms with Crippen LogP contribution in [0.25, 0.3) is 11.4 Å². The standard InChI is InChI=1S/C27H31F3N4O6/c1-23(2,3)39-22(35)34-14-25(6,15-34)26(37,17-7-9-19(10-8-17)38-27(28,29)30)18-11-16(12-31-13-18)20-32-21(40-33-20)24(4,5)36/h7-13,36-37H,14-15H2,1-6H3. The number of ether oxygens (including phenoxy) is 2. The minimum atomic E-state index is -4.88. The molecule has 3 heterocycles. The molecular weight excluding hydrogens is 533 g/mol. The van der Waals surface area contributed by atoms with Crippen molar-refractivity contribution in [2.24, 2.45) is 5.41 Å². The number of carbonyl (C=O) groups is 1. The molecule has 2 N–H and O–H groups in total. The molecule has 0 saturated carbocycles. The third-order valence-corrected chi connectivity index (χ3v) is 6.47. The summed E-state index contributed by atoms with van der Waals surface area (Å²) in [5.74, 6) is -0.371. The van der Waals surface area contributed by atoms with Gasteiger partial charge >= 0.3 is 12.5 Å². The van der Waals surface area contributed by atoms with Gasteiger partial charge < -0.3 is 29.1 Å². The zero-order chi connectivity index (χ0) is 29.7. The maximum atomic E-state index is 12.7. The highest BCUT2D eigenvalue weighted by molar-refractivity contribution is 5.70. The van der Waals surface area contributed by atoms with E-state index in [-0.39, 0.29) is 35.9 Å². The summed E-state index contributed by atoms with van der Waals surface area (Å²) in [5.41, 5.74) is -4.08. The molecule has 0 radical (unpaired) electrons. The molecule has 0 bridgehead atoms. The van der Waals surface area contributed by atoms with Crippen molar-refractivity contribution >= 4 is 6.09 Å². The lowest BCUT2D eigenvalue weighted by Gasteiger charge is -2.56. The fourth-order valence-corrected chi connectivity index (χ4v) is 4.59. The van der Waals surface area contributed by atoms with E-state index in [4.69, 9.17) is 9.26 Å². The molecule has 1 amide bonds. The van der Waals surface area contributed by atoms with E-state index in [2.05, 4.69) is 19.9 Å². The van der Waals surface area contributed by atoms with Gasteiger partial charge in [-0.3, -0.25) is 4.98 Å². The molecule has 216 valence electrons. The molecule has 40 heavy (non-hydrogen) atoms. The number of halogens is 3. The second kappa shape index (κ2) is 9.73. The molecular formula is C27H31F3N4O6. The van der Waals surface area contributed by atoms with Crippen molar-refractivity contribution in [1.82, 2.24) is 20.0 Å². The van der Waals surface area contributed by atoms with E-state index < -0.39 is 40.4 Å². The van der Waals surface area contributed by atoms with E-state index in [0.717, 1.165) is 12.1 Å². The summed E-state index contributed by atoms with van der Waals surface area (Å²) in [7, 11) is 0. The normalized spacial score (nSPS) is 17.1. The number of rotatable bonds is 6. The Morgan fingerprint density at radius 1 is 1.02 bits per heavy atom. The zero-order valence-corrected chi connectivity index (χ0v) is 22.9. The highest BCUT2D eigenvalue weighted by atomic mass is 19.4. The number of pyridine rings is 1. The monoisotopic (exact) mass is 564 g/mol. The predicted octanol–water partition coefficient (Wildman–Crippen LogP) is 4.75. The first kappa shape index (κ1) is 29.3. The lowest BCUT2D eigenvalue weighted by molar-refractivity contribution is -0.274. The number of nitrogens with zero attached hydrogens (tertiary/aromatic N) is 4. The van der Waals surface area contributed by atoms with E-state index in [1.807, 2.05) is 0 Å². The Hall–Kier alpha value is -3.71. The van der Waals surface area contributed by atoms with Gasteiger partial charge in [-0.1, -0.05) is 24.2 Å². The summed E-state index contributed by atoms with van der Waals surface area (Å²) in [6, 6.07) is 6.44. The largest absolute Gasteiger partial charge is 0.573 e. The minimum Gasteiger partial charge on any atom is -0.444 e. The van der Waals surface area contributed by atoms with E-state index in [9.17, 15) is 28.2 Å². The molecule has 1 atom stereocenters. The summed E-state index contributed by atoms with van der Waals surface area (Å²) in [6.07, 6.45) is -2.57. The Labute approximate surface area is 228 Å². The smallest absolute Gasteiger partial charge is 0.444 e. The summed E-state index contributed by atoms with van der Waals surface area (Å²) < 4.78 is 52.8. The van der Waals surface area contributed by atoms with Crippen molar-refractivity contribution in [3.05, 3.63) is 59.7 Å². The first-order valence-electron chi connectivity index (χ1n) is 12.4. The van der Waals surface area contributed by atoms with Crippen LogP contribution in [0, 0.1) is 5.41 Å². The molecule has 0 aliphatic carbocycles. The van der Waals surface area contributed by atoms with Crippen LogP contribution in [0.4, 0.5) is 18.0 Å². The van der Waals surface area contributed by atoms with Gasteiger partial charge in [0.25, 0.3) is 5.89 Å². The first-order chi connectivity index (χ1) is 18.3. The maximum Gasteiger partial charge on any atom is 0.573 e. The van der Waals surface area contributed by atoms with Crippen LogP contribution in [0.1, 0.15) is 58.6 Å². The van der Waals surface area contributed by atoms with Crippen molar-refractivity contribution in [3.63, 3.8) is 0 Å². The van der Waals surface area contributed by atoms with Crippen LogP contribution in [0.2, 0.25) is 0 Å². The summed E-state index contributed by atoms with van der Waals surface area (Å²) in [6.45, 7) is 10.1. The van der Waals surface area contributed by atoms with Crippen molar-refractivity contribution in [2.45, 2.75) is 64.7 Å². The van der Waals surface area contributed by atoms with Crippen molar-refractivity contribution in [3.8, 4) is 17.1 Å². The third kappa shape index (κ3) is 5.89. The van der Waals surface area contributed by atoms with E-state index in [0.29, 0.717) is 5.56 Å². The maximum absolute atomic E-state index is 12.7. The fraction of sp³-hybridized carbons (Fsp3) is 0.481. The van der Waals surface area contributed by atoms with Gasteiger partial charge in [-0.15, -0.1) is 13.2 Å². The number of carbonyl (C=O) groups excluding carboxylic acids is 1. The number of aliphatic hydroxyl groups is 2. The molecule has 1 aromatic carbocycles. The molecule has 3 aromatic rings. The second-order valence-electron chi connectivity index (χ2n) is 11.6. The van der Waals surface area contributed by atoms with Crippen LogP contribution in [0.15, 0.2) is 47.2 Å². The Balaban J connectivity index is 1.75. The van der Waals surface area contributed by atoms with Crippen molar-refractivity contribution in [1.29, 1.82) is 0 Å². The van der Waals surface area contributed by atoms with E-state index in [1.54, 1.807) is 33.8 Å². The van der Waals surface area contributed by atoms with Gasteiger partial charge in [0.15, 0.2) is 0 Å². The van der Waals surface area contributed by atoms with Crippen LogP contribution in [-0.2, 0) is 15.9 Å². The Bertz CT molecular complexity index is 1370. The number of alkyl halides is 3. The first-order valence-corrected chi connectivity index (χ1v) is 12.4. The highest BCUT2D eigenvalue weighted by Gasteiger charge is 2.58. The van der Waals surface area contributed by atoms with Crippen molar-refractivity contribution < 1.29 is 42.2 Å². The predicted molar refractivity (Wildman–Crippen MR) is 135 cm³/mol. The van der Waals surface area contributed by atoms with Gasteiger partial charge in [0, 0.05) is 42.0 Å². The summed E-state index contributed by atoms with van der Waals surface area (Å²) in [5, 5.41) is 26.5. The molecule has 1 saturated heterocycles. The average Bonchev–Trinajstić information content (AvgIpc) is 3.31. The lowest BCUT2D eigenvalue weighted by Crippen LogP contribution is -2.66. The van der Waals surface area contributed by atoms with Crippen LogP contribution < -0.4 is 4.74 Å². The minimum absolute atomic E-state index is 0.0256. The van der Waals surface area contributed by atoms with Gasteiger partial charge in [0.2, 0.25) is 5.82 Å². The van der Waals surface area contributed by atoms with E-state index >= 15 is 0 Å². The molecule has 0 spiro atoms. The molecule has 1 fully saturated rings. The summed E-state index contributed by atoms with van der Waals surface area (Å²) in [4.78, 5) is 22.6. The molecule has 1 unspecified atom stereocenters. The van der Waals surface area contributed by atoms with Gasteiger partial charge in [0.1, 0.15) is 22.6 Å². The Morgan fingerprint density at radius 2 is 1.65 bits per heavy atom. The molecule has 4 rings (SSSR count). The van der Waals surface area contributed by atoms with Gasteiger partial charge in [-0.25, -0.2) is 4.79 Å².